The molecule has 1 heterocycles. The first-order valence-electron chi connectivity index (χ1n) is 2.96. The van der Waals surface area contributed by atoms with Crippen molar-refractivity contribution in [2.24, 2.45) is 0 Å². The minimum absolute atomic E-state index is 0.449. The molecule has 0 atom stereocenters. The van der Waals surface area contributed by atoms with Gasteiger partial charge in [0.05, 0.1) is 5.69 Å². The van der Waals surface area contributed by atoms with Gasteiger partial charge >= 0.3 is 0 Å². The van der Waals surface area contributed by atoms with Crippen LogP contribution in [0.2, 0.25) is 0 Å². The molecule has 0 spiro atoms. The van der Waals surface area contributed by atoms with Crippen LogP contribution in [0.5, 0.6) is 0 Å². The molecule has 1 aromatic heterocycles. The number of carbonyl (C=O) groups is 1. The number of pyridine rings is 1. The van der Waals surface area contributed by atoms with Crippen LogP contribution in [0.25, 0.3) is 0 Å². The lowest BCUT2D eigenvalue weighted by molar-refractivity contribution is 0.112. The summed E-state index contributed by atoms with van der Waals surface area (Å²) in [5, 5.41) is 2.85. The van der Waals surface area contributed by atoms with E-state index in [0.29, 0.717) is 5.69 Å². The number of nitrogens with one attached hydrogen (secondary N) is 1. The minimum atomic E-state index is 0.449. The highest BCUT2D eigenvalue weighted by Crippen LogP contribution is 2.07. The molecule has 0 aromatic carbocycles. The molecule has 0 saturated heterocycles. The maximum Gasteiger partial charge on any atom is 0.170 e. The summed E-state index contributed by atoms with van der Waals surface area (Å²) in [6.07, 6.45) is 2.32. The Balaban J connectivity index is 3.08. The molecule has 0 saturated carbocycles. The fourth-order valence-electron chi connectivity index (χ4n) is 0.723. The van der Waals surface area contributed by atoms with Crippen LogP contribution >= 0.6 is 0 Å². The van der Waals surface area contributed by atoms with Crippen LogP contribution in [0.4, 0.5) is 5.69 Å². The van der Waals surface area contributed by atoms with Crippen molar-refractivity contribution >= 4 is 12.0 Å². The quantitative estimate of drug-likeness (QED) is 0.615. The van der Waals surface area contributed by atoms with Gasteiger partial charge in [0.25, 0.3) is 0 Å². The number of nitrogens with zero attached hydrogens (tertiary/aromatic N) is 1. The Morgan fingerprint density at radius 3 is 3.00 bits per heavy atom. The van der Waals surface area contributed by atoms with Crippen LogP contribution in [-0.2, 0) is 0 Å². The summed E-state index contributed by atoms with van der Waals surface area (Å²) in [6, 6.07) is 3.58. The lowest BCUT2D eigenvalue weighted by atomic mass is 10.3. The number of hydrogen-bond donors (Lipinski definition) is 1. The monoisotopic (exact) mass is 136 g/mol. The first-order chi connectivity index (χ1) is 4.88. The molecular weight excluding hydrogens is 128 g/mol. The third kappa shape index (κ3) is 1.13. The Morgan fingerprint density at radius 2 is 2.50 bits per heavy atom. The molecule has 0 amide bonds. The standard InChI is InChI=1S/C7H8N2O/c1-8-6-3-2-4-9-7(6)5-10/h2-5,8H,1H3. The van der Waals surface area contributed by atoms with Gasteiger partial charge in [-0.15, -0.1) is 0 Å². The van der Waals surface area contributed by atoms with E-state index in [1.54, 1.807) is 25.4 Å². The van der Waals surface area contributed by atoms with E-state index in [0.717, 1.165) is 12.0 Å². The van der Waals surface area contributed by atoms with E-state index in [1.165, 1.54) is 0 Å². The van der Waals surface area contributed by atoms with Crippen molar-refractivity contribution in [2.75, 3.05) is 12.4 Å². The molecule has 0 aliphatic rings. The predicted octanol–water partition coefficient (Wildman–Crippen LogP) is 0.936. The van der Waals surface area contributed by atoms with Gasteiger partial charge in [-0.25, -0.2) is 0 Å². The van der Waals surface area contributed by atoms with Crippen molar-refractivity contribution in [2.45, 2.75) is 0 Å². The van der Waals surface area contributed by atoms with Gasteiger partial charge < -0.3 is 5.32 Å². The van der Waals surface area contributed by atoms with E-state index in [2.05, 4.69) is 10.3 Å². The molecule has 0 radical (unpaired) electrons. The number of hydrogen-bond acceptors (Lipinski definition) is 3. The fourth-order valence-corrected chi connectivity index (χ4v) is 0.723. The molecule has 3 nitrogen and oxygen atoms in total. The summed E-state index contributed by atoms with van der Waals surface area (Å²) in [6.45, 7) is 0. The number of aldehydes is 1. The van der Waals surface area contributed by atoms with Crippen molar-refractivity contribution in [3.8, 4) is 0 Å². The summed E-state index contributed by atoms with van der Waals surface area (Å²) in [5.41, 5.74) is 1.21. The van der Waals surface area contributed by atoms with Crippen molar-refractivity contribution in [3.63, 3.8) is 0 Å². The van der Waals surface area contributed by atoms with Crippen LogP contribution in [-0.4, -0.2) is 18.3 Å². The summed E-state index contributed by atoms with van der Waals surface area (Å²) >= 11 is 0. The zero-order valence-electron chi connectivity index (χ0n) is 5.66. The molecule has 52 valence electrons. The number of rotatable bonds is 2. The summed E-state index contributed by atoms with van der Waals surface area (Å²) in [7, 11) is 1.75. The molecular formula is C7H8N2O. The van der Waals surface area contributed by atoms with E-state index in [4.69, 9.17) is 0 Å². The number of anilines is 1. The SMILES string of the molecule is CNc1cccnc1C=O. The lowest BCUT2D eigenvalue weighted by Gasteiger charge is -1.99. The molecule has 1 N–H and O–H groups in total. The van der Waals surface area contributed by atoms with Gasteiger partial charge in [-0.2, -0.15) is 0 Å². The molecule has 3 heteroatoms. The Labute approximate surface area is 59.1 Å². The highest BCUT2D eigenvalue weighted by molar-refractivity contribution is 5.80. The summed E-state index contributed by atoms with van der Waals surface area (Å²) in [4.78, 5) is 14.1. The van der Waals surface area contributed by atoms with E-state index in [-0.39, 0.29) is 0 Å². The molecule has 1 aromatic rings. The fraction of sp³-hybridized carbons (Fsp3) is 0.143. The largest absolute Gasteiger partial charge is 0.386 e. The van der Waals surface area contributed by atoms with Crippen LogP contribution < -0.4 is 5.32 Å². The molecule has 1 rings (SSSR count). The van der Waals surface area contributed by atoms with Crippen LogP contribution in [0.1, 0.15) is 10.5 Å². The molecule has 0 fully saturated rings. The Hall–Kier alpha value is -1.38. The van der Waals surface area contributed by atoms with E-state index in [9.17, 15) is 4.79 Å². The maximum atomic E-state index is 10.3. The predicted molar refractivity (Wildman–Crippen MR) is 39.2 cm³/mol. The average Bonchev–Trinajstić information content (AvgIpc) is 2.04. The van der Waals surface area contributed by atoms with Gasteiger partial charge in [-0.05, 0) is 12.1 Å². The van der Waals surface area contributed by atoms with Crippen molar-refractivity contribution in [3.05, 3.63) is 24.0 Å². The second-order valence-electron chi connectivity index (χ2n) is 1.80. The van der Waals surface area contributed by atoms with E-state index >= 15 is 0 Å². The van der Waals surface area contributed by atoms with E-state index < -0.39 is 0 Å². The molecule has 0 aliphatic heterocycles. The number of carbonyl (C=O) groups excluding carboxylic acids is 1. The summed E-state index contributed by atoms with van der Waals surface area (Å²) < 4.78 is 0. The Kier molecular flexibility index (Phi) is 1.99. The van der Waals surface area contributed by atoms with Gasteiger partial charge in [-0.3, -0.25) is 9.78 Å². The molecule has 0 unspecified atom stereocenters. The average molecular weight is 136 g/mol. The molecule has 0 aliphatic carbocycles. The molecule has 10 heavy (non-hydrogen) atoms. The third-order valence-electron chi connectivity index (χ3n) is 1.22. The van der Waals surface area contributed by atoms with Crippen molar-refractivity contribution < 1.29 is 4.79 Å². The Bertz CT molecular complexity index is 235. The Morgan fingerprint density at radius 1 is 1.70 bits per heavy atom. The van der Waals surface area contributed by atoms with Gasteiger partial charge in [0.1, 0.15) is 5.69 Å². The minimum Gasteiger partial charge on any atom is -0.386 e. The number of aromatic nitrogens is 1. The van der Waals surface area contributed by atoms with Crippen molar-refractivity contribution in [1.29, 1.82) is 0 Å². The van der Waals surface area contributed by atoms with Gasteiger partial charge in [-0.1, -0.05) is 0 Å². The zero-order valence-corrected chi connectivity index (χ0v) is 5.66. The van der Waals surface area contributed by atoms with Crippen LogP contribution in [0, 0.1) is 0 Å². The highest BCUT2D eigenvalue weighted by Gasteiger charge is 1.96. The second-order valence-corrected chi connectivity index (χ2v) is 1.80. The first kappa shape index (κ1) is 6.74. The maximum absolute atomic E-state index is 10.3. The molecule has 0 bridgehead atoms. The smallest absolute Gasteiger partial charge is 0.170 e. The summed E-state index contributed by atoms with van der Waals surface area (Å²) in [5.74, 6) is 0. The van der Waals surface area contributed by atoms with Gasteiger partial charge in [0, 0.05) is 13.2 Å². The van der Waals surface area contributed by atoms with Crippen LogP contribution in [0.15, 0.2) is 18.3 Å². The van der Waals surface area contributed by atoms with Crippen molar-refractivity contribution in [1.82, 2.24) is 4.98 Å². The van der Waals surface area contributed by atoms with Gasteiger partial charge in [0.15, 0.2) is 6.29 Å². The third-order valence-corrected chi connectivity index (χ3v) is 1.22. The zero-order chi connectivity index (χ0) is 7.40. The van der Waals surface area contributed by atoms with Gasteiger partial charge in [0.2, 0.25) is 0 Å². The normalized spacial score (nSPS) is 8.90. The second kappa shape index (κ2) is 2.96. The van der Waals surface area contributed by atoms with E-state index in [1.807, 2.05) is 0 Å². The van der Waals surface area contributed by atoms with Crippen LogP contribution in [0.3, 0.4) is 0 Å². The topological polar surface area (TPSA) is 42.0 Å². The first-order valence-corrected chi connectivity index (χ1v) is 2.96. The highest BCUT2D eigenvalue weighted by atomic mass is 16.1. The lowest BCUT2D eigenvalue weighted by Crippen LogP contribution is -1.95.